The third-order valence-corrected chi connectivity index (χ3v) is 7.60. The van der Waals surface area contributed by atoms with Crippen molar-refractivity contribution in [3.05, 3.63) is 118 Å². The van der Waals surface area contributed by atoms with Gasteiger partial charge in [-0.1, -0.05) is 18.2 Å². The number of carbonyl (C=O) groups is 3. The van der Waals surface area contributed by atoms with Gasteiger partial charge in [0.25, 0.3) is 0 Å². The minimum atomic E-state index is -1.68. The number of phenols is 2. The van der Waals surface area contributed by atoms with Gasteiger partial charge in [0.2, 0.25) is 11.8 Å². The predicted octanol–water partition coefficient (Wildman–Crippen LogP) is 3.87. The molecule has 14 nitrogen and oxygen atoms in total. The molecule has 0 radical (unpaired) electrons. The highest BCUT2D eigenvalue weighted by Crippen LogP contribution is 2.49. The molecule has 0 aliphatic carbocycles. The number of hydrogen-bond acceptors (Lipinski definition) is 12. The molecule has 0 saturated heterocycles. The minimum Gasteiger partial charge on any atom is -0.507 e. The molecule has 0 unspecified atom stereocenters. The molecule has 46 heavy (non-hydrogen) atoms. The molecule has 0 fully saturated rings. The SMILES string of the molecule is C=C(OO)N(Cc1cc([C@]2(c3cc(C)c(O)c(CN(CC(=O)O)CC(=O)O)c3)OC(=O)c3ccccc32)cc(C)c1O)C(=C)OO. The number of fused-ring (bicyclic) bond motifs is 1. The van der Waals surface area contributed by atoms with E-state index in [0.29, 0.717) is 27.8 Å². The summed E-state index contributed by atoms with van der Waals surface area (Å²) in [6.07, 6.45) is 0. The van der Waals surface area contributed by atoms with Crippen LogP contribution in [0.3, 0.4) is 0 Å². The van der Waals surface area contributed by atoms with Crippen LogP contribution in [0.4, 0.5) is 0 Å². The summed E-state index contributed by atoms with van der Waals surface area (Å²) in [6, 6.07) is 12.8. The second-order valence-electron chi connectivity index (χ2n) is 10.7. The van der Waals surface area contributed by atoms with Crippen LogP contribution in [0.5, 0.6) is 11.5 Å². The number of esters is 1. The molecule has 1 aliphatic rings. The van der Waals surface area contributed by atoms with E-state index in [-0.39, 0.29) is 41.3 Å². The van der Waals surface area contributed by atoms with E-state index in [4.69, 9.17) is 4.74 Å². The third kappa shape index (κ3) is 6.30. The Labute approximate surface area is 262 Å². The van der Waals surface area contributed by atoms with Crippen LogP contribution in [0.25, 0.3) is 0 Å². The molecule has 6 N–H and O–H groups in total. The van der Waals surface area contributed by atoms with Gasteiger partial charge < -0.3 is 34.9 Å². The lowest BCUT2D eigenvalue weighted by Crippen LogP contribution is -2.34. The fraction of sp³-hybridized carbons (Fsp3) is 0.219. The number of hydrogen-bond donors (Lipinski definition) is 6. The number of carboxylic acid groups (broad SMARTS) is 2. The minimum absolute atomic E-state index is 0.173. The van der Waals surface area contributed by atoms with Gasteiger partial charge in [-0.2, -0.15) is 0 Å². The molecule has 14 heteroatoms. The van der Waals surface area contributed by atoms with Gasteiger partial charge in [0.05, 0.1) is 25.2 Å². The lowest BCUT2D eigenvalue weighted by atomic mass is 9.77. The zero-order chi connectivity index (χ0) is 33.9. The number of carbonyl (C=O) groups excluding carboxylic acids is 1. The maximum Gasteiger partial charge on any atom is 0.340 e. The first kappa shape index (κ1) is 33.3. The average molecular weight is 637 g/mol. The summed E-state index contributed by atoms with van der Waals surface area (Å²) in [6.45, 7) is 8.42. The largest absolute Gasteiger partial charge is 0.507 e. The van der Waals surface area contributed by atoms with E-state index in [1.807, 2.05) is 0 Å². The Kier molecular flexibility index (Phi) is 9.56. The first-order valence-corrected chi connectivity index (χ1v) is 13.7. The van der Waals surface area contributed by atoms with Crippen molar-refractivity contribution in [2.45, 2.75) is 32.5 Å². The molecular formula is C32H32N2O12. The van der Waals surface area contributed by atoms with E-state index < -0.39 is 48.4 Å². The first-order chi connectivity index (χ1) is 21.7. The maximum absolute atomic E-state index is 13.4. The average Bonchev–Trinajstić information content (AvgIpc) is 3.31. The van der Waals surface area contributed by atoms with Crippen LogP contribution in [0.1, 0.15) is 49.3 Å². The van der Waals surface area contributed by atoms with Crippen LogP contribution in [-0.2, 0) is 42.8 Å². The molecule has 1 atom stereocenters. The van der Waals surface area contributed by atoms with Crippen molar-refractivity contribution in [1.82, 2.24) is 9.80 Å². The second kappa shape index (κ2) is 13.2. The number of aryl methyl sites for hydroxylation is 2. The van der Waals surface area contributed by atoms with Crippen molar-refractivity contribution in [1.29, 1.82) is 0 Å². The van der Waals surface area contributed by atoms with Gasteiger partial charge in [-0.15, -0.1) is 0 Å². The highest BCUT2D eigenvalue weighted by Gasteiger charge is 2.49. The summed E-state index contributed by atoms with van der Waals surface area (Å²) in [5, 5.41) is 59.2. The molecular weight excluding hydrogens is 604 g/mol. The molecule has 3 aromatic rings. The summed E-state index contributed by atoms with van der Waals surface area (Å²) >= 11 is 0. The second-order valence-corrected chi connectivity index (χ2v) is 10.7. The van der Waals surface area contributed by atoms with Crippen LogP contribution in [0, 0.1) is 13.8 Å². The summed E-state index contributed by atoms with van der Waals surface area (Å²) in [5.74, 6) is -4.42. The van der Waals surface area contributed by atoms with Crippen LogP contribution in [-0.4, -0.2) is 71.7 Å². The van der Waals surface area contributed by atoms with E-state index in [1.165, 1.54) is 12.1 Å². The number of ether oxygens (including phenoxy) is 1. The molecule has 4 rings (SSSR count). The Morgan fingerprint density at radius 2 is 1.30 bits per heavy atom. The Hall–Kier alpha value is -5.57. The number of cyclic esters (lactones) is 1. The number of rotatable bonds is 14. The molecule has 0 saturated carbocycles. The summed E-state index contributed by atoms with van der Waals surface area (Å²) in [5.41, 5.74) is 0.665. The number of aromatic hydroxyl groups is 2. The lowest BCUT2D eigenvalue weighted by Gasteiger charge is -2.33. The van der Waals surface area contributed by atoms with Gasteiger partial charge in [0, 0.05) is 34.4 Å². The monoisotopic (exact) mass is 636 g/mol. The Bertz CT molecular complexity index is 1700. The fourth-order valence-electron chi connectivity index (χ4n) is 5.54. The maximum atomic E-state index is 13.4. The predicted molar refractivity (Wildman–Crippen MR) is 159 cm³/mol. The fourth-order valence-corrected chi connectivity index (χ4v) is 5.54. The zero-order valence-electron chi connectivity index (χ0n) is 24.9. The van der Waals surface area contributed by atoms with E-state index >= 15 is 0 Å². The summed E-state index contributed by atoms with van der Waals surface area (Å²) < 4.78 is 6.19. The third-order valence-electron chi connectivity index (χ3n) is 7.60. The quantitative estimate of drug-likeness (QED) is 0.0643. The lowest BCUT2D eigenvalue weighted by molar-refractivity contribution is -0.252. The summed E-state index contributed by atoms with van der Waals surface area (Å²) in [7, 11) is 0. The van der Waals surface area contributed by atoms with Crippen molar-refractivity contribution in [2.75, 3.05) is 13.1 Å². The van der Waals surface area contributed by atoms with E-state index in [1.54, 1.807) is 50.2 Å². The van der Waals surface area contributed by atoms with Crippen molar-refractivity contribution < 1.29 is 59.8 Å². The van der Waals surface area contributed by atoms with Gasteiger partial charge in [-0.05, 0) is 68.5 Å². The van der Waals surface area contributed by atoms with Crippen LogP contribution < -0.4 is 0 Å². The van der Waals surface area contributed by atoms with Crippen LogP contribution in [0.2, 0.25) is 0 Å². The van der Waals surface area contributed by atoms with Gasteiger partial charge in [0.1, 0.15) is 11.5 Å². The molecule has 1 heterocycles. The van der Waals surface area contributed by atoms with Gasteiger partial charge in [-0.3, -0.25) is 19.4 Å². The number of aliphatic carboxylic acids is 2. The standard InChI is InChI=1S/C32H32N2O12/c1-17-9-23(11-21(29(17)39)13-33(15-27(35)36)16-28(37)38)32(26-8-6-5-7-25(26)31(41)44-32)24-10-18(2)30(40)22(12-24)14-34(19(3)45-42)20(4)46-43/h5-12,39-40,42-43H,3-4,13-16H2,1-2H3,(H,35,36)(H,37,38)/t32-/m0/s1. The summed E-state index contributed by atoms with van der Waals surface area (Å²) in [4.78, 5) is 46.9. The molecule has 242 valence electrons. The number of phenolic OH excluding ortho intramolecular Hbond substituents is 2. The molecule has 0 spiro atoms. The van der Waals surface area contributed by atoms with Gasteiger partial charge in [0.15, 0.2) is 5.60 Å². The van der Waals surface area contributed by atoms with E-state index in [0.717, 1.165) is 9.80 Å². The normalized spacial score (nSPS) is 15.2. The van der Waals surface area contributed by atoms with Crippen molar-refractivity contribution in [3.63, 3.8) is 0 Å². The highest BCUT2D eigenvalue weighted by atomic mass is 17.1. The molecule has 0 aromatic heterocycles. The smallest absolute Gasteiger partial charge is 0.340 e. The van der Waals surface area contributed by atoms with Crippen molar-refractivity contribution in [2.24, 2.45) is 0 Å². The number of benzene rings is 3. The molecule has 0 amide bonds. The Balaban J connectivity index is 1.98. The van der Waals surface area contributed by atoms with Crippen molar-refractivity contribution >= 4 is 17.9 Å². The molecule has 3 aromatic carbocycles. The molecule has 1 aliphatic heterocycles. The van der Waals surface area contributed by atoms with E-state index in [9.17, 15) is 45.3 Å². The Morgan fingerprint density at radius 3 is 1.78 bits per heavy atom. The van der Waals surface area contributed by atoms with Crippen LogP contribution in [0.15, 0.2) is 73.5 Å². The topological polar surface area (TPSA) is 207 Å². The van der Waals surface area contributed by atoms with Gasteiger partial charge in [-0.25, -0.2) is 15.3 Å². The van der Waals surface area contributed by atoms with Crippen molar-refractivity contribution in [3.8, 4) is 11.5 Å². The number of nitrogens with zero attached hydrogens (tertiary/aromatic N) is 2. The molecule has 0 bridgehead atoms. The van der Waals surface area contributed by atoms with E-state index in [2.05, 4.69) is 22.9 Å². The van der Waals surface area contributed by atoms with Crippen LogP contribution >= 0.6 is 0 Å². The van der Waals surface area contributed by atoms with Gasteiger partial charge >= 0.3 is 17.9 Å². The number of carboxylic acids is 2. The first-order valence-electron chi connectivity index (χ1n) is 13.7. The zero-order valence-corrected chi connectivity index (χ0v) is 24.9. The Morgan fingerprint density at radius 1 is 0.826 bits per heavy atom. The highest BCUT2D eigenvalue weighted by molar-refractivity contribution is 5.96.